The van der Waals surface area contributed by atoms with Crippen LogP contribution in [0.4, 0.5) is 5.69 Å². The molecule has 1 aliphatic heterocycles. The van der Waals surface area contributed by atoms with Gasteiger partial charge in [-0.3, -0.25) is 0 Å². The van der Waals surface area contributed by atoms with Crippen LogP contribution in [-0.2, 0) is 0 Å². The van der Waals surface area contributed by atoms with Crippen molar-refractivity contribution in [2.45, 2.75) is 45.1 Å². The highest BCUT2D eigenvalue weighted by molar-refractivity contribution is 5.66. The van der Waals surface area contributed by atoms with Gasteiger partial charge in [-0.15, -0.1) is 0 Å². The second kappa shape index (κ2) is 8.41. The molecule has 1 N–H and O–H groups in total. The number of unbranched alkanes of at least 4 members (excludes halogenated alkanes) is 1. The predicted molar refractivity (Wildman–Crippen MR) is 88.5 cm³/mol. The largest absolute Gasteiger partial charge is 0.383 e. The first kappa shape index (κ1) is 16.3. The summed E-state index contributed by atoms with van der Waals surface area (Å²) in [6, 6.07) is 10.3. The second-order valence-electron chi connectivity index (χ2n) is 5.97. The Bertz CT molecular complexity index is 535. The van der Waals surface area contributed by atoms with Gasteiger partial charge in [-0.05, 0) is 57.8 Å². The van der Waals surface area contributed by atoms with Crippen molar-refractivity contribution >= 4 is 5.69 Å². The average Bonchev–Trinajstić information content (AvgIpc) is 2.56. The zero-order valence-corrected chi connectivity index (χ0v) is 13.3. The van der Waals surface area contributed by atoms with E-state index in [0.29, 0.717) is 22.9 Å². The lowest BCUT2D eigenvalue weighted by Gasteiger charge is -2.33. The van der Waals surface area contributed by atoms with Crippen LogP contribution in [0, 0.1) is 22.7 Å². The highest BCUT2D eigenvalue weighted by Gasteiger charge is 2.17. The Morgan fingerprint density at radius 1 is 1.18 bits per heavy atom. The van der Waals surface area contributed by atoms with E-state index in [1.54, 1.807) is 18.2 Å². The highest BCUT2D eigenvalue weighted by atomic mass is 15.1. The molecule has 1 unspecified atom stereocenters. The molecule has 0 amide bonds. The number of nitrogens with one attached hydrogen (secondary N) is 1. The first-order chi connectivity index (χ1) is 10.8. The van der Waals surface area contributed by atoms with Crippen LogP contribution in [0.5, 0.6) is 0 Å². The lowest BCUT2D eigenvalue weighted by atomic mass is 10.0. The SMILES string of the molecule is CC1CCCCN1CCCCNc1c(C#N)cccc1C#N. The molecule has 2 rings (SSSR count). The minimum Gasteiger partial charge on any atom is -0.383 e. The van der Waals surface area contributed by atoms with Crippen LogP contribution in [0.15, 0.2) is 18.2 Å². The van der Waals surface area contributed by atoms with Crippen LogP contribution in [0.3, 0.4) is 0 Å². The summed E-state index contributed by atoms with van der Waals surface area (Å²) < 4.78 is 0. The Kier molecular flexibility index (Phi) is 6.25. The van der Waals surface area contributed by atoms with E-state index in [1.807, 2.05) is 0 Å². The van der Waals surface area contributed by atoms with Crippen LogP contribution in [0.1, 0.15) is 50.2 Å². The van der Waals surface area contributed by atoms with Crippen LogP contribution in [0.25, 0.3) is 0 Å². The minimum absolute atomic E-state index is 0.545. The van der Waals surface area contributed by atoms with Gasteiger partial charge in [0, 0.05) is 12.6 Å². The van der Waals surface area contributed by atoms with Crippen molar-refractivity contribution in [1.29, 1.82) is 10.5 Å². The van der Waals surface area contributed by atoms with Crippen LogP contribution >= 0.6 is 0 Å². The van der Waals surface area contributed by atoms with Gasteiger partial charge >= 0.3 is 0 Å². The molecule has 0 aromatic heterocycles. The number of hydrogen-bond donors (Lipinski definition) is 1. The number of nitriles is 2. The zero-order valence-electron chi connectivity index (χ0n) is 13.3. The Balaban J connectivity index is 1.78. The van der Waals surface area contributed by atoms with Crippen molar-refractivity contribution in [3.8, 4) is 12.1 Å². The quantitative estimate of drug-likeness (QED) is 0.816. The van der Waals surface area contributed by atoms with E-state index in [9.17, 15) is 0 Å². The van der Waals surface area contributed by atoms with Crippen molar-refractivity contribution < 1.29 is 0 Å². The average molecular weight is 296 g/mol. The summed E-state index contributed by atoms with van der Waals surface area (Å²) in [5, 5.41) is 21.5. The van der Waals surface area contributed by atoms with Gasteiger partial charge < -0.3 is 10.2 Å². The number of piperidine rings is 1. The summed E-state index contributed by atoms with van der Waals surface area (Å²) in [5.74, 6) is 0. The maximum atomic E-state index is 9.13. The Morgan fingerprint density at radius 2 is 1.91 bits per heavy atom. The number of rotatable bonds is 6. The Hall–Kier alpha value is -2.04. The molecule has 116 valence electrons. The van der Waals surface area contributed by atoms with E-state index in [-0.39, 0.29) is 0 Å². The maximum absolute atomic E-state index is 9.13. The lowest BCUT2D eigenvalue weighted by Crippen LogP contribution is -2.38. The molecule has 1 aliphatic rings. The number of para-hydroxylation sites is 1. The molecule has 1 fully saturated rings. The van der Waals surface area contributed by atoms with Crippen LogP contribution in [-0.4, -0.2) is 30.6 Å². The summed E-state index contributed by atoms with van der Waals surface area (Å²) in [7, 11) is 0. The number of benzene rings is 1. The van der Waals surface area contributed by atoms with Gasteiger partial charge in [-0.25, -0.2) is 0 Å². The molecule has 0 saturated carbocycles. The molecule has 0 radical (unpaired) electrons. The molecule has 1 aromatic carbocycles. The molecule has 22 heavy (non-hydrogen) atoms. The molecule has 4 heteroatoms. The normalized spacial score (nSPS) is 18.4. The lowest BCUT2D eigenvalue weighted by molar-refractivity contribution is 0.158. The fourth-order valence-electron chi connectivity index (χ4n) is 3.07. The third-order valence-corrected chi connectivity index (χ3v) is 4.42. The number of hydrogen-bond acceptors (Lipinski definition) is 4. The molecular weight excluding hydrogens is 272 g/mol. The fraction of sp³-hybridized carbons (Fsp3) is 0.556. The molecule has 1 aromatic rings. The van der Waals surface area contributed by atoms with Gasteiger partial charge in [-0.1, -0.05) is 12.5 Å². The van der Waals surface area contributed by atoms with E-state index in [1.165, 1.54) is 25.8 Å². The molecule has 4 nitrogen and oxygen atoms in total. The number of anilines is 1. The summed E-state index contributed by atoms with van der Waals surface area (Å²) in [6.07, 6.45) is 6.20. The Morgan fingerprint density at radius 3 is 2.55 bits per heavy atom. The zero-order chi connectivity index (χ0) is 15.8. The summed E-state index contributed by atoms with van der Waals surface area (Å²) in [5.41, 5.74) is 1.77. The van der Waals surface area contributed by atoms with Crippen molar-refractivity contribution in [3.63, 3.8) is 0 Å². The smallest absolute Gasteiger partial charge is 0.101 e. The predicted octanol–water partition coefficient (Wildman–Crippen LogP) is 3.50. The van der Waals surface area contributed by atoms with E-state index < -0.39 is 0 Å². The number of likely N-dealkylation sites (tertiary alicyclic amines) is 1. The van der Waals surface area contributed by atoms with Gasteiger partial charge in [-0.2, -0.15) is 10.5 Å². The topological polar surface area (TPSA) is 62.9 Å². The van der Waals surface area contributed by atoms with Gasteiger partial charge in [0.25, 0.3) is 0 Å². The third kappa shape index (κ3) is 4.23. The van der Waals surface area contributed by atoms with Crippen molar-refractivity contribution in [1.82, 2.24) is 4.90 Å². The molecule has 1 heterocycles. The van der Waals surface area contributed by atoms with E-state index in [4.69, 9.17) is 10.5 Å². The van der Waals surface area contributed by atoms with Crippen LogP contribution in [0.2, 0.25) is 0 Å². The van der Waals surface area contributed by atoms with Crippen molar-refractivity contribution in [3.05, 3.63) is 29.3 Å². The fourth-order valence-corrected chi connectivity index (χ4v) is 3.07. The van der Waals surface area contributed by atoms with Gasteiger partial charge in [0.1, 0.15) is 12.1 Å². The molecule has 0 spiro atoms. The summed E-state index contributed by atoms with van der Waals surface area (Å²) in [6.45, 7) is 5.49. The van der Waals surface area contributed by atoms with Gasteiger partial charge in [0.15, 0.2) is 0 Å². The standard InChI is InChI=1S/C18H24N4/c1-15-7-2-4-11-22(15)12-5-3-10-21-18-16(13-19)8-6-9-17(18)14-20/h6,8-9,15,21H,2-5,7,10-12H2,1H3. The molecular formula is C18H24N4. The van der Waals surface area contributed by atoms with Crippen LogP contribution < -0.4 is 5.32 Å². The summed E-state index contributed by atoms with van der Waals surface area (Å²) in [4.78, 5) is 2.58. The van der Waals surface area contributed by atoms with Crippen molar-refractivity contribution in [2.24, 2.45) is 0 Å². The van der Waals surface area contributed by atoms with Gasteiger partial charge in [0.05, 0.1) is 16.8 Å². The first-order valence-electron chi connectivity index (χ1n) is 8.17. The van der Waals surface area contributed by atoms with E-state index in [2.05, 4.69) is 29.3 Å². The van der Waals surface area contributed by atoms with Crippen molar-refractivity contribution in [2.75, 3.05) is 25.0 Å². The summed E-state index contributed by atoms with van der Waals surface area (Å²) >= 11 is 0. The van der Waals surface area contributed by atoms with Gasteiger partial charge in [0.2, 0.25) is 0 Å². The molecule has 0 bridgehead atoms. The third-order valence-electron chi connectivity index (χ3n) is 4.42. The molecule has 1 atom stereocenters. The minimum atomic E-state index is 0.545. The Labute approximate surface area is 133 Å². The molecule has 1 saturated heterocycles. The van der Waals surface area contributed by atoms with E-state index in [0.717, 1.165) is 25.9 Å². The highest BCUT2D eigenvalue weighted by Crippen LogP contribution is 2.20. The van der Waals surface area contributed by atoms with E-state index >= 15 is 0 Å². The second-order valence-corrected chi connectivity index (χ2v) is 5.97. The first-order valence-corrected chi connectivity index (χ1v) is 8.17. The monoisotopic (exact) mass is 296 g/mol. The number of nitrogens with zero attached hydrogens (tertiary/aromatic N) is 3. The molecule has 0 aliphatic carbocycles. The maximum Gasteiger partial charge on any atom is 0.101 e.